The Morgan fingerprint density at radius 3 is 2.67 bits per heavy atom. The highest BCUT2D eigenvalue weighted by Gasteiger charge is 2.17. The molecular formula is C14H19N3S. The van der Waals surface area contributed by atoms with Crippen LogP contribution in [0.15, 0.2) is 17.8 Å². The number of thiophene rings is 1. The second-order valence-electron chi connectivity index (χ2n) is 4.56. The summed E-state index contributed by atoms with van der Waals surface area (Å²) in [7, 11) is 0. The average molecular weight is 261 g/mol. The maximum Gasteiger partial charge on any atom is 0.133 e. The number of nitrogens with zero attached hydrogens (tertiary/aromatic N) is 2. The number of aromatic nitrogens is 2. The van der Waals surface area contributed by atoms with Gasteiger partial charge in [0.25, 0.3) is 0 Å². The molecule has 96 valence electrons. The molecule has 2 rings (SSSR count). The third-order valence-corrected chi connectivity index (χ3v) is 3.77. The summed E-state index contributed by atoms with van der Waals surface area (Å²) in [5.74, 6) is 1.36. The zero-order valence-corrected chi connectivity index (χ0v) is 12.1. The minimum atomic E-state index is 0.398. The fraction of sp³-hybridized carbons (Fsp3) is 0.429. The van der Waals surface area contributed by atoms with Crippen molar-refractivity contribution in [1.29, 1.82) is 0 Å². The average Bonchev–Trinajstić information content (AvgIpc) is 2.75. The van der Waals surface area contributed by atoms with Crippen LogP contribution >= 0.6 is 11.3 Å². The molecule has 4 heteroatoms. The topological polar surface area (TPSA) is 37.8 Å². The first-order valence-electron chi connectivity index (χ1n) is 6.28. The van der Waals surface area contributed by atoms with E-state index in [9.17, 15) is 0 Å². The van der Waals surface area contributed by atoms with Gasteiger partial charge in [-0.25, -0.2) is 9.97 Å². The number of aryl methyl sites for hydroxylation is 1. The molecule has 1 N–H and O–H groups in total. The third kappa shape index (κ3) is 2.38. The van der Waals surface area contributed by atoms with Gasteiger partial charge in [0.05, 0.1) is 5.69 Å². The van der Waals surface area contributed by atoms with Crippen LogP contribution in [0.3, 0.4) is 0 Å². The lowest BCUT2D eigenvalue weighted by Gasteiger charge is -2.16. The first-order chi connectivity index (χ1) is 8.65. The van der Waals surface area contributed by atoms with Gasteiger partial charge in [-0.15, -0.1) is 11.3 Å². The molecule has 0 aliphatic rings. The molecule has 0 bridgehead atoms. The summed E-state index contributed by atoms with van der Waals surface area (Å²) in [4.78, 5) is 10.2. The summed E-state index contributed by atoms with van der Waals surface area (Å²) in [6, 6.07) is 2.14. The Morgan fingerprint density at radius 2 is 2.11 bits per heavy atom. The highest BCUT2D eigenvalue weighted by atomic mass is 32.1. The number of hydrogen-bond acceptors (Lipinski definition) is 4. The van der Waals surface area contributed by atoms with Crippen molar-refractivity contribution in [2.75, 3.05) is 11.9 Å². The van der Waals surface area contributed by atoms with Crippen molar-refractivity contribution < 1.29 is 0 Å². The fourth-order valence-electron chi connectivity index (χ4n) is 2.10. The van der Waals surface area contributed by atoms with E-state index in [4.69, 9.17) is 0 Å². The lowest BCUT2D eigenvalue weighted by atomic mass is 9.98. The Bertz CT molecular complexity index is 532. The number of nitrogens with one attached hydrogen (secondary N) is 1. The van der Waals surface area contributed by atoms with E-state index < -0.39 is 0 Å². The van der Waals surface area contributed by atoms with Gasteiger partial charge in [-0.3, -0.25) is 0 Å². The van der Waals surface area contributed by atoms with Crippen LogP contribution in [-0.2, 0) is 0 Å². The smallest absolute Gasteiger partial charge is 0.133 e. The van der Waals surface area contributed by atoms with Gasteiger partial charge >= 0.3 is 0 Å². The van der Waals surface area contributed by atoms with Gasteiger partial charge in [0, 0.05) is 22.5 Å². The SMILES string of the molecule is CCNc1ncnc(-c2ccsc2C)c1C(C)C. The molecule has 0 unspecified atom stereocenters. The second kappa shape index (κ2) is 5.48. The molecule has 0 atom stereocenters. The molecule has 0 aliphatic carbocycles. The van der Waals surface area contributed by atoms with Gasteiger partial charge in [-0.05, 0) is 31.2 Å². The highest BCUT2D eigenvalue weighted by Crippen LogP contribution is 2.35. The van der Waals surface area contributed by atoms with E-state index in [1.54, 1.807) is 17.7 Å². The predicted octanol–water partition coefficient (Wildman–Crippen LogP) is 4.07. The standard InChI is InChI=1S/C14H19N3S/c1-5-15-14-12(9(2)3)13(16-8-17-14)11-6-7-18-10(11)4/h6-9H,5H2,1-4H3,(H,15,16,17). The predicted molar refractivity (Wildman–Crippen MR) is 78.3 cm³/mol. The van der Waals surface area contributed by atoms with Crippen LogP contribution in [0, 0.1) is 6.92 Å². The maximum atomic E-state index is 4.50. The monoisotopic (exact) mass is 261 g/mol. The number of anilines is 1. The van der Waals surface area contributed by atoms with E-state index in [2.05, 4.69) is 54.4 Å². The molecule has 2 heterocycles. The molecule has 0 saturated carbocycles. The molecule has 2 aromatic rings. The van der Waals surface area contributed by atoms with E-state index in [0.29, 0.717) is 5.92 Å². The summed E-state index contributed by atoms with van der Waals surface area (Å²) in [6.45, 7) is 9.47. The fourth-order valence-corrected chi connectivity index (χ4v) is 2.80. The van der Waals surface area contributed by atoms with Crippen molar-refractivity contribution in [3.8, 4) is 11.3 Å². The van der Waals surface area contributed by atoms with Gasteiger partial charge in [-0.2, -0.15) is 0 Å². The highest BCUT2D eigenvalue weighted by molar-refractivity contribution is 7.10. The zero-order valence-electron chi connectivity index (χ0n) is 11.3. The summed E-state index contributed by atoms with van der Waals surface area (Å²) in [5, 5.41) is 5.45. The minimum Gasteiger partial charge on any atom is -0.370 e. The van der Waals surface area contributed by atoms with Crippen molar-refractivity contribution in [2.45, 2.75) is 33.6 Å². The molecule has 0 saturated heterocycles. The summed E-state index contributed by atoms with van der Waals surface area (Å²) >= 11 is 1.76. The number of rotatable bonds is 4. The molecule has 0 aromatic carbocycles. The third-order valence-electron chi connectivity index (χ3n) is 2.92. The van der Waals surface area contributed by atoms with Gasteiger partial charge in [0.1, 0.15) is 12.1 Å². The largest absolute Gasteiger partial charge is 0.370 e. The number of hydrogen-bond donors (Lipinski definition) is 1. The Morgan fingerprint density at radius 1 is 1.33 bits per heavy atom. The van der Waals surface area contributed by atoms with Gasteiger partial charge in [0.2, 0.25) is 0 Å². The molecule has 0 radical (unpaired) electrons. The first kappa shape index (κ1) is 13.0. The van der Waals surface area contributed by atoms with Crippen LogP contribution in [0.5, 0.6) is 0 Å². The van der Waals surface area contributed by atoms with Crippen LogP contribution in [-0.4, -0.2) is 16.5 Å². The van der Waals surface area contributed by atoms with Crippen molar-refractivity contribution in [1.82, 2.24) is 9.97 Å². The molecule has 0 amide bonds. The van der Waals surface area contributed by atoms with E-state index in [1.165, 1.54) is 16.0 Å². The van der Waals surface area contributed by atoms with Gasteiger partial charge in [-0.1, -0.05) is 13.8 Å². The Labute approximate surface area is 112 Å². The summed E-state index contributed by atoms with van der Waals surface area (Å²) in [6.07, 6.45) is 1.65. The van der Waals surface area contributed by atoms with Crippen LogP contribution in [0.4, 0.5) is 5.82 Å². The minimum absolute atomic E-state index is 0.398. The van der Waals surface area contributed by atoms with Gasteiger partial charge in [0.15, 0.2) is 0 Å². The van der Waals surface area contributed by atoms with Crippen molar-refractivity contribution in [3.63, 3.8) is 0 Å². The first-order valence-corrected chi connectivity index (χ1v) is 7.16. The van der Waals surface area contributed by atoms with E-state index in [-0.39, 0.29) is 0 Å². The summed E-state index contributed by atoms with van der Waals surface area (Å²) in [5.41, 5.74) is 3.50. The molecule has 3 nitrogen and oxygen atoms in total. The Kier molecular flexibility index (Phi) is 3.97. The van der Waals surface area contributed by atoms with E-state index in [1.807, 2.05) is 0 Å². The van der Waals surface area contributed by atoms with Crippen LogP contribution in [0.25, 0.3) is 11.3 Å². The maximum absolute atomic E-state index is 4.50. The van der Waals surface area contributed by atoms with Gasteiger partial charge < -0.3 is 5.32 Å². The molecule has 0 aliphatic heterocycles. The normalized spacial score (nSPS) is 10.9. The van der Waals surface area contributed by atoms with E-state index in [0.717, 1.165) is 18.1 Å². The molecule has 0 spiro atoms. The summed E-state index contributed by atoms with van der Waals surface area (Å²) < 4.78 is 0. The lowest BCUT2D eigenvalue weighted by molar-refractivity contribution is 0.849. The van der Waals surface area contributed by atoms with E-state index >= 15 is 0 Å². The second-order valence-corrected chi connectivity index (χ2v) is 5.68. The molecule has 18 heavy (non-hydrogen) atoms. The molecular weight excluding hydrogens is 242 g/mol. The lowest BCUT2D eigenvalue weighted by Crippen LogP contribution is -2.07. The van der Waals surface area contributed by atoms with Crippen molar-refractivity contribution in [3.05, 3.63) is 28.2 Å². The molecule has 0 fully saturated rings. The van der Waals surface area contributed by atoms with Crippen LogP contribution < -0.4 is 5.32 Å². The zero-order chi connectivity index (χ0) is 13.1. The van der Waals surface area contributed by atoms with Crippen molar-refractivity contribution >= 4 is 17.2 Å². The van der Waals surface area contributed by atoms with Crippen LogP contribution in [0.1, 0.15) is 37.1 Å². The quantitative estimate of drug-likeness (QED) is 0.901. The Hall–Kier alpha value is -1.42. The van der Waals surface area contributed by atoms with Crippen molar-refractivity contribution in [2.24, 2.45) is 0 Å². The van der Waals surface area contributed by atoms with Crippen LogP contribution in [0.2, 0.25) is 0 Å². The Balaban J connectivity index is 2.60. The molecule has 2 aromatic heterocycles.